The van der Waals surface area contributed by atoms with Crippen molar-refractivity contribution >= 4 is 23.3 Å². The van der Waals surface area contributed by atoms with Crippen LogP contribution in [0.1, 0.15) is 54.1 Å². The van der Waals surface area contributed by atoms with Crippen LogP contribution in [0.15, 0.2) is 12.1 Å². The van der Waals surface area contributed by atoms with Crippen molar-refractivity contribution in [3.8, 4) is 0 Å². The molecule has 1 fully saturated rings. The van der Waals surface area contributed by atoms with Crippen molar-refractivity contribution in [1.82, 2.24) is 0 Å². The summed E-state index contributed by atoms with van der Waals surface area (Å²) in [4.78, 5) is 24.7. The van der Waals surface area contributed by atoms with Crippen molar-refractivity contribution in [2.75, 3.05) is 6.61 Å². The number of hydrogen-bond donors (Lipinski definition) is 1. The molecular weight excluding hydrogens is 288 g/mol. The molecule has 1 aliphatic carbocycles. The predicted octanol–water partition coefficient (Wildman–Crippen LogP) is 3.75. The lowest BCUT2D eigenvalue weighted by atomic mass is 9.82. The van der Waals surface area contributed by atoms with E-state index in [9.17, 15) is 9.59 Å². The number of rotatable bonds is 6. The quantitative estimate of drug-likeness (QED) is 0.813. The maximum Gasteiger partial charge on any atom is 0.345 e. The van der Waals surface area contributed by atoms with Crippen molar-refractivity contribution in [3.05, 3.63) is 21.9 Å². The van der Waals surface area contributed by atoms with E-state index < -0.39 is 11.4 Å². The summed E-state index contributed by atoms with van der Waals surface area (Å²) in [7, 11) is 0. The van der Waals surface area contributed by atoms with Gasteiger partial charge >= 0.3 is 11.9 Å². The summed E-state index contributed by atoms with van der Waals surface area (Å²) >= 11 is 1.26. The number of esters is 1. The molecule has 0 amide bonds. The molecule has 1 N–H and O–H groups in total. The van der Waals surface area contributed by atoms with E-state index in [0.717, 1.165) is 30.6 Å². The van der Waals surface area contributed by atoms with Crippen molar-refractivity contribution in [1.29, 1.82) is 0 Å². The van der Waals surface area contributed by atoms with Crippen LogP contribution in [-0.4, -0.2) is 23.7 Å². The number of thiophene rings is 1. The van der Waals surface area contributed by atoms with Crippen LogP contribution in [0, 0.1) is 11.3 Å². The molecule has 0 spiro atoms. The Balaban J connectivity index is 2.10. The van der Waals surface area contributed by atoms with E-state index in [0.29, 0.717) is 23.8 Å². The zero-order chi connectivity index (χ0) is 15.5. The van der Waals surface area contributed by atoms with Gasteiger partial charge in [0.1, 0.15) is 4.88 Å². The Hall–Kier alpha value is -1.36. The van der Waals surface area contributed by atoms with Crippen LogP contribution in [0.25, 0.3) is 0 Å². The Labute approximate surface area is 129 Å². The molecule has 116 valence electrons. The first kappa shape index (κ1) is 16.0. The Morgan fingerprint density at radius 2 is 2.00 bits per heavy atom. The van der Waals surface area contributed by atoms with Gasteiger partial charge in [0.2, 0.25) is 0 Å². The molecule has 0 saturated heterocycles. The molecule has 4 nitrogen and oxygen atoms in total. The molecule has 0 aromatic carbocycles. The van der Waals surface area contributed by atoms with E-state index in [1.165, 1.54) is 11.3 Å². The van der Waals surface area contributed by atoms with Crippen LogP contribution in [-0.2, 0) is 16.0 Å². The van der Waals surface area contributed by atoms with Crippen LogP contribution >= 0.6 is 11.3 Å². The SMILES string of the molecule is CC(C)COC(=O)C1(Cc2ccc(C(=O)O)s2)CCCC1. The van der Waals surface area contributed by atoms with Gasteiger partial charge in [-0.05, 0) is 37.3 Å². The third-order valence-electron chi connectivity index (χ3n) is 3.93. The largest absolute Gasteiger partial charge is 0.477 e. The topological polar surface area (TPSA) is 63.6 Å². The van der Waals surface area contributed by atoms with Crippen LogP contribution in [0.5, 0.6) is 0 Å². The van der Waals surface area contributed by atoms with Crippen molar-refractivity contribution < 1.29 is 19.4 Å². The van der Waals surface area contributed by atoms with Crippen LogP contribution < -0.4 is 0 Å². The van der Waals surface area contributed by atoms with Crippen LogP contribution in [0.2, 0.25) is 0 Å². The fraction of sp³-hybridized carbons (Fsp3) is 0.625. The standard InChI is InChI=1S/C16H22O4S/c1-11(2)10-20-15(19)16(7-3-4-8-16)9-12-5-6-13(21-12)14(17)18/h5-6,11H,3-4,7-10H2,1-2H3,(H,17,18). The monoisotopic (exact) mass is 310 g/mol. The molecule has 1 heterocycles. The Bertz CT molecular complexity index is 512. The average Bonchev–Trinajstić information content (AvgIpc) is 3.06. The second-order valence-corrected chi connectivity index (χ2v) is 7.40. The van der Waals surface area contributed by atoms with Gasteiger partial charge in [-0.2, -0.15) is 0 Å². The number of carboxylic acid groups (broad SMARTS) is 1. The zero-order valence-corrected chi connectivity index (χ0v) is 13.4. The lowest BCUT2D eigenvalue weighted by molar-refractivity contribution is -0.156. The summed E-state index contributed by atoms with van der Waals surface area (Å²) in [5.74, 6) is -0.694. The molecule has 1 saturated carbocycles. The molecule has 0 bridgehead atoms. The highest BCUT2D eigenvalue weighted by atomic mass is 32.1. The molecule has 1 aromatic rings. The van der Waals surface area contributed by atoms with Gasteiger partial charge in [0.05, 0.1) is 12.0 Å². The van der Waals surface area contributed by atoms with Gasteiger partial charge in [-0.25, -0.2) is 4.79 Å². The normalized spacial score (nSPS) is 17.1. The zero-order valence-electron chi connectivity index (χ0n) is 12.6. The molecule has 0 unspecified atom stereocenters. The minimum atomic E-state index is -0.908. The fourth-order valence-corrected chi connectivity index (χ4v) is 3.81. The third kappa shape index (κ3) is 3.84. The summed E-state index contributed by atoms with van der Waals surface area (Å²) in [6, 6.07) is 3.44. The van der Waals surface area contributed by atoms with Crippen molar-refractivity contribution in [2.45, 2.75) is 46.0 Å². The maximum atomic E-state index is 12.5. The fourth-order valence-electron chi connectivity index (χ4n) is 2.82. The Morgan fingerprint density at radius 3 is 2.52 bits per heavy atom. The molecule has 1 aliphatic rings. The lowest BCUT2D eigenvalue weighted by Gasteiger charge is -2.26. The van der Waals surface area contributed by atoms with Gasteiger partial charge < -0.3 is 9.84 Å². The van der Waals surface area contributed by atoms with E-state index in [1.807, 2.05) is 19.9 Å². The number of carbonyl (C=O) groups is 2. The summed E-state index contributed by atoms with van der Waals surface area (Å²) < 4.78 is 5.47. The maximum absolute atomic E-state index is 12.5. The van der Waals surface area contributed by atoms with Gasteiger partial charge in [-0.1, -0.05) is 26.7 Å². The summed E-state index contributed by atoms with van der Waals surface area (Å²) in [5.41, 5.74) is -0.449. The molecule has 0 aliphatic heterocycles. The van der Waals surface area contributed by atoms with Crippen molar-refractivity contribution in [2.24, 2.45) is 11.3 Å². The number of ether oxygens (including phenoxy) is 1. The van der Waals surface area contributed by atoms with Crippen LogP contribution in [0.4, 0.5) is 0 Å². The van der Waals surface area contributed by atoms with E-state index >= 15 is 0 Å². The minimum absolute atomic E-state index is 0.112. The Morgan fingerprint density at radius 1 is 1.33 bits per heavy atom. The number of hydrogen-bond acceptors (Lipinski definition) is 4. The van der Waals surface area contributed by atoms with E-state index in [4.69, 9.17) is 9.84 Å². The highest BCUT2D eigenvalue weighted by Crippen LogP contribution is 2.43. The first-order chi connectivity index (χ1) is 9.93. The van der Waals surface area contributed by atoms with Crippen LogP contribution in [0.3, 0.4) is 0 Å². The number of aromatic carboxylic acids is 1. The van der Waals surface area contributed by atoms with E-state index in [2.05, 4.69) is 0 Å². The highest BCUT2D eigenvalue weighted by Gasteiger charge is 2.43. The summed E-state index contributed by atoms with van der Waals surface area (Å²) in [5, 5.41) is 9.00. The van der Waals surface area contributed by atoms with Crippen molar-refractivity contribution in [3.63, 3.8) is 0 Å². The highest BCUT2D eigenvalue weighted by molar-refractivity contribution is 7.13. The lowest BCUT2D eigenvalue weighted by Crippen LogP contribution is -2.33. The smallest absolute Gasteiger partial charge is 0.345 e. The van der Waals surface area contributed by atoms with Gasteiger partial charge in [0, 0.05) is 4.88 Å². The predicted molar refractivity (Wildman–Crippen MR) is 81.7 cm³/mol. The molecule has 0 atom stereocenters. The first-order valence-corrected chi connectivity index (χ1v) is 8.24. The number of carboxylic acids is 1. The van der Waals surface area contributed by atoms with Gasteiger partial charge in [0.25, 0.3) is 0 Å². The first-order valence-electron chi connectivity index (χ1n) is 7.42. The van der Waals surface area contributed by atoms with Gasteiger partial charge in [0.15, 0.2) is 0 Å². The third-order valence-corrected chi connectivity index (χ3v) is 5.00. The molecular formula is C16H22O4S. The molecule has 1 aromatic heterocycles. The Kier molecular flexibility index (Phi) is 5.04. The average molecular weight is 310 g/mol. The second-order valence-electron chi connectivity index (χ2n) is 6.23. The number of carbonyl (C=O) groups excluding carboxylic acids is 1. The van der Waals surface area contributed by atoms with Gasteiger partial charge in [-0.15, -0.1) is 11.3 Å². The summed E-state index contributed by atoms with van der Waals surface area (Å²) in [6.07, 6.45) is 4.35. The molecule has 21 heavy (non-hydrogen) atoms. The van der Waals surface area contributed by atoms with E-state index in [-0.39, 0.29) is 5.97 Å². The molecule has 2 rings (SSSR count). The van der Waals surface area contributed by atoms with Gasteiger partial charge in [-0.3, -0.25) is 4.79 Å². The van der Waals surface area contributed by atoms with E-state index in [1.54, 1.807) is 6.07 Å². The second kappa shape index (κ2) is 6.60. The molecule has 0 radical (unpaired) electrons. The summed E-state index contributed by atoms with van der Waals surface area (Å²) in [6.45, 7) is 4.49. The minimum Gasteiger partial charge on any atom is -0.477 e. The molecule has 5 heteroatoms.